The van der Waals surface area contributed by atoms with Gasteiger partial charge >= 0.3 is 6.36 Å². The minimum absolute atomic E-state index is 0.134. The second-order valence-electron chi connectivity index (χ2n) is 5.80. The van der Waals surface area contributed by atoms with E-state index >= 15 is 0 Å². The molecule has 0 saturated carbocycles. The van der Waals surface area contributed by atoms with Crippen LogP contribution in [0.25, 0.3) is 11.1 Å². The molecule has 0 N–H and O–H groups in total. The van der Waals surface area contributed by atoms with Gasteiger partial charge in [0.1, 0.15) is 28.8 Å². The van der Waals surface area contributed by atoms with Crippen LogP contribution in [0, 0.1) is 13.8 Å². The summed E-state index contributed by atoms with van der Waals surface area (Å²) in [7, 11) is 0. The first-order valence-electron chi connectivity index (χ1n) is 7.97. The SMILES string of the molecule is Cc1cc(=O)c(-c2ccc(Oc3ccc(OC(F)(F)F)cc3)cc2)c(C)o1. The summed E-state index contributed by atoms with van der Waals surface area (Å²) in [5.74, 6) is 1.56. The molecule has 0 amide bonds. The number of ether oxygens (including phenoxy) is 2. The van der Waals surface area contributed by atoms with Crippen molar-refractivity contribution in [3.8, 4) is 28.4 Å². The molecule has 0 unspecified atom stereocenters. The summed E-state index contributed by atoms with van der Waals surface area (Å²) in [4.78, 5) is 12.2. The molecule has 3 rings (SSSR count). The van der Waals surface area contributed by atoms with Crippen LogP contribution in [0.1, 0.15) is 11.5 Å². The summed E-state index contributed by atoms with van der Waals surface area (Å²) in [5.41, 5.74) is 1.02. The Morgan fingerprint density at radius 1 is 0.852 bits per heavy atom. The zero-order chi connectivity index (χ0) is 19.6. The highest BCUT2D eigenvalue weighted by Crippen LogP contribution is 2.29. The zero-order valence-corrected chi connectivity index (χ0v) is 14.5. The summed E-state index contributed by atoms with van der Waals surface area (Å²) in [5, 5.41) is 0. The standard InChI is InChI=1S/C20H15F3O4/c1-12-11-18(24)19(13(2)25-12)14-3-5-15(6-4-14)26-16-7-9-17(10-8-16)27-20(21,22)23/h3-11H,1-2H3. The van der Waals surface area contributed by atoms with E-state index < -0.39 is 6.36 Å². The van der Waals surface area contributed by atoms with Crippen molar-refractivity contribution in [2.24, 2.45) is 0 Å². The Morgan fingerprint density at radius 3 is 1.89 bits per heavy atom. The van der Waals surface area contributed by atoms with Crippen molar-refractivity contribution >= 4 is 0 Å². The molecule has 0 aliphatic heterocycles. The van der Waals surface area contributed by atoms with Gasteiger partial charge in [0, 0.05) is 6.07 Å². The molecule has 0 atom stereocenters. The van der Waals surface area contributed by atoms with Gasteiger partial charge < -0.3 is 13.9 Å². The van der Waals surface area contributed by atoms with Crippen LogP contribution in [-0.2, 0) is 0 Å². The summed E-state index contributed by atoms with van der Waals surface area (Å²) >= 11 is 0. The average molecular weight is 376 g/mol. The quantitative estimate of drug-likeness (QED) is 0.593. The van der Waals surface area contributed by atoms with Gasteiger partial charge in [0.05, 0.1) is 5.56 Å². The van der Waals surface area contributed by atoms with E-state index in [9.17, 15) is 18.0 Å². The summed E-state index contributed by atoms with van der Waals surface area (Å²) in [6.07, 6.45) is -4.74. The van der Waals surface area contributed by atoms with E-state index in [4.69, 9.17) is 9.15 Å². The molecule has 4 nitrogen and oxygen atoms in total. The maximum atomic E-state index is 12.2. The number of halogens is 3. The molecule has 2 aromatic carbocycles. The van der Waals surface area contributed by atoms with Crippen LogP contribution in [0.3, 0.4) is 0 Å². The lowest BCUT2D eigenvalue weighted by molar-refractivity contribution is -0.274. The van der Waals surface area contributed by atoms with E-state index in [0.29, 0.717) is 34.1 Å². The van der Waals surface area contributed by atoms with Gasteiger partial charge in [-0.3, -0.25) is 4.79 Å². The highest BCUT2D eigenvalue weighted by molar-refractivity contribution is 5.65. The summed E-state index contributed by atoms with van der Waals surface area (Å²) < 4.78 is 51.4. The van der Waals surface area contributed by atoms with Crippen LogP contribution in [-0.4, -0.2) is 6.36 Å². The Kier molecular flexibility index (Phi) is 4.94. The molecule has 27 heavy (non-hydrogen) atoms. The maximum absolute atomic E-state index is 12.2. The van der Waals surface area contributed by atoms with E-state index in [1.54, 1.807) is 38.1 Å². The van der Waals surface area contributed by atoms with E-state index in [2.05, 4.69) is 4.74 Å². The molecule has 0 bridgehead atoms. The molecule has 0 aliphatic rings. The van der Waals surface area contributed by atoms with Gasteiger partial charge in [0.25, 0.3) is 0 Å². The van der Waals surface area contributed by atoms with E-state index in [1.165, 1.54) is 18.2 Å². The van der Waals surface area contributed by atoms with Crippen LogP contribution in [0.15, 0.2) is 63.8 Å². The minimum atomic E-state index is -4.74. The predicted molar refractivity (Wildman–Crippen MR) is 93.1 cm³/mol. The van der Waals surface area contributed by atoms with Gasteiger partial charge in [-0.05, 0) is 55.8 Å². The minimum Gasteiger partial charge on any atom is -0.466 e. The average Bonchev–Trinajstić information content (AvgIpc) is 2.56. The lowest BCUT2D eigenvalue weighted by Gasteiger charge is -2.10. The van der Waals surface area contributed by atoms with Crippen LogP contribution in [0.2, 0.25) is 0 Å². The number of benzene rings is 2. The van der Waals surface area contributed by atoms with E-state index in [1.807, 2.05) is 0 Å². The molecule has 0 radical (unpaired) electrons. The van der Waals surface area contributed by atoms with Gasteiger partial charge in [-0.1, -0.05) is 12.1 Å². The number of aryl methyl sites for hydroxylation is 2. The number of rotatable bonds is 4. The normalized spacial score (nSPS) is 11.3. The van der Waals surface area contributed by atoms with Gasteiger partial charge in [0.2, 0.25) is 0 Å². The second-order valence-corrected chi connectivity index (χ2v) is 5.80. The van der Waals surface area contributed by atoms with Crippen molar-refractivity contribution in [3.05, 3.63) is 76.3 Å². The Hall–Kier alpha value is -3.22. The third kappa shape index (κ3) is 4.69. The fraction of sp³-hybridized carbons (Fsp3) is 0.150. The fourth-order valence-electron chi connectivity index (χ4n) is 2.63. The molecular weight excluding hydrogens is 361 g/mol. The fourth-order valence-corrected chi connectivity index (χ4v) is 2.63. The molecule has 140 valence electrons. The topological polar surface area (TPSA) is 48.7 Å². The molecular formula is C20H15F3O4. The Morgan fingerprint density at radius 2 is 1.37 bits per heavy atom. The van der Waals surface area contributed by atoms with Crippen molar-refractivity contribution in [3.63, 3.8) is 0 Å². The highest BCUT2D eigenvalue weighted by atomic mass is 19.4. The Balaban J connectivity index is 1.76. The number of alkyl halides is 3. The third-order valence-corrected chi connectivity index (χ3v) is 3.68. The first-order valence-corrected chi connectivity index (χ1v) is 7.97. The third-order valence-electron chi connectivity index (χ3n) is 3.68. The molecule has 3 aromatic rings. The molecule has 0 aliphatic carbocycles. The Labute approximate surface area is 152 Å². The summed E-state index contributed by atoms with van der Waals surface area (Å²) in [6, 6.07) is 13.2. The van der Waals surface area contributed by atoms with Crippen LogP contribution in [0.5, 0.6) is 17.2 Å². The first-order chi connectivity index (χ1) is 12.7. The van der Waals surface area contributed by atoms with Crippen LogP contribution >= 0.6 is 0 Å². The van der Waals surface area contributed by atoms with E-state index in [-0.39, 0.29) is 11.2 Å². The molecule has 7 heteroatoms. The van der Waals surface area contributed by atoms with Gasteiger partial charge in [-0.25, -0.2) is 0 Å². The zero-order valence-electron chi connectivity index (χ0n) is 14.5. The monoisotopic (exact) mass is 376 g/mol. The molecule has 1 heterocycles. The van der Waals surface area contributed by atoms with Crippen molar-refractivity contribution in [1.29, 1.82) is 0 Å². The van der Waals surface area contributed by atoms with E-state index in [0.717, 1.165) is 12.1 Å². The van der Waals surface area contributed by atoms with Crippen molar-refractivity contribution in [2.75, 3.05) is 0 Å². The van der Waals surface area contributed by atoms with Crippen molar-refractivity contribution in [2.45, 2.75) is 20.2 Å². The molecule has 0 fully saturated rings. The molecule has 1 aromatic heterocycles. The lowest BCUT2D eigenvalue weighted by Crippen LogP contribution is -2.16. The Bertz CT molecular complexity index is 988. The number of hydrogen-bond acceptors (Lipinski definition) is 4. The second kappa shape index (κ2) is 7.19. The lowest BCUT2D eigenvalue weighted by atomic mass is 10.0. The predicted octanol–water partition coefficient (Wildman–Crippen LogP) is 5.61. The van der Waals surface area contributed by atoms with Gasteiger partial charge in [-0.2, -0.15) is 0 Å². The largest absolute Gasteiger partial charge is 0.573 e. The van der Waals surface area contributed by atoms with Crippen molar-refractivity contribution < 1.29 is 27.1 Å². The van der Waals surface area contributed by atoms with Crippen molar-refractivity contribution in [1.82, 2.24) is 0 Å². The highest BCUT2D eigenvalue weighted by Gasteiger charge is 2.30. The first kappa shape index (κ1) is 18.6. The van der Waals surface area contributed by atoms with Gasteiger partial charge in [0.15, 0.2) is 5.43 Å². The van der Waals surface area contributed by atoms with Crippen LogP contribution in [0.4, 0.5) is 13.2 Å². The van der Waals surface area contributed by atoms with Gasteiger partial charge in [-0.15, -0.1) is 13.2 Å². The molecule has 0 saturated heterocycles. The smallest absolute Gasteiger partial charge is 0.466 e. The molecule has 0 spiro atoms. The van der Waals surface area contributed by atoms with Crippen LogP contribution < -0.4 is 14.9 Å². The number of hydrogen-bond donors (Lipinski definition) is 0. The maximum Gasteiger partial charge on any atom is 0.573 e. The summed E-state index contributed by atoms with van der Waals surface area (Å²) in [6.45, 7) is 3.43.